The third kappa shape index (κ3) is 2.19. The van der Waals surface area contributed by atoms with Gasteiger partial charge in [0.1, 0.15) is 0 Å². The van der Waals surface area contributed by atoms with Crippen LogP contribution in [0.3, 0.4) is 0 Å². The minimum atomic E-state index is -0.117. The molecule has 0 saturated heterocycles. The molecule has 4 bridgehead atoms. The highest BCUT2D eigenvalue weighted by molar-refractivity contribution is 5.83. The monoisotopic (exact) mass is 301 g/mol. The lowest BCUT2D eigenvalue weighted by Crippen LogP contribution is -2.59. The molecule has 5 rings (SSSR count). The smallest absolute Gasteiger partial charge is 0.226 e. The number of H-pyrrole nitrogens is 1. The summed E-state index contributed by atoms with van der Waals surface area (Å²) >= 11 is 0. The quantitative estimate of drug-likeness (QED) is 0.899. The van der Waals surface area contributed by atoms with Crippen molar-refractivity contribution in [1.29, 1.82) is 0 Å². The summed E-state index contributed by atoms with van der Waals surface area (Å²) in [6, 6.07) is 2.00. The summed E-state index contributed by atoms with van der Waals surface area (Å²) in [6.45, 7) is 7.35. The number of hydrogen-bond donors (Lipinski definition) is 2. The van der Waals surface area contributed by atoms with Gasteiger partial charge in [-0.15, -0.1) is 0 Å². The minimum Gasteiger partial charge on any atom is -0.350 e. The van der Waals surface area contributed by atoms with Crippen LogP contribution >= 0.6 is 0 Å². The fraction of sp³-hybridized carbons (Fsp3) is 0.778. The third-order valence-electron chi connectivity index (χ3n) is 6.30. The normalized spacial score (nSPS) is 42.6. The van der Waals surface area contributed by atoms with Crippen LogP contribution in [0.1, 0.15) is 63.8 Å². The summed E-state index contributed by atoms with van der Waals surface area (Å²) in [6.07, 6.45) is 7.23. The predicted octanol–water partition coefficient (Wildman–Crippen LogP) is 3.33. The first-order valence-corrected chi connectivity index (χ1v) is 8.59. The van der Waals surface area contributed by atoms with Crippen molar-refractivity contribution < 1.29 is 4.79 Å². The second-order valence-corrected chi connectivity index (χ2v) is 9.14. The molecule has 0 aliphatic heterocycles. The number of aryl methyl sites for hydroxylation is 1. The van der Waals surface area contributed by atoms with Crippen molar-refractivity contribution in [2.45, 2.75) is 65.8 Å². The van der Waals surface area contributed by atoms with Gasteiger partial charge in [-0.2, -0.15) is 5.10 Å². The molecule has 4 aliphatic rings. The summed E-state index contributed by atoms with van der Waals surface area (Å²) in [7, 11) is 0. The lowest BCUT2D eigenvalue weighted by Gasteiger charge is -2.64. The van der Waals surface area contributed by atoms with Gasteiger partial charge >= 0.3 is 0 Å². The highest BCUT2D eigenvalue weighted by atomic mass is 16.2. The minimum absolute atomic E-state index is 0.117. The maximum atomic E-state index is 13.0. The van der Waals surface area contributed by atoms with Gasteiger partial charge in [0.05, 0.1) is 17.7 Å². The van der Waals surface area contributed by atoms with Gasteiger partial charge in [0.25, 0.3) is 0 Å². The van der Waals surface area contributed by atoms with Gasteiger partial charge in [-0.05, 0) is 68.3 Å². The Morgan fingerprint density at radius 3 is 2.50 bits per heavy atom. The van der Waals surface area contributed by atoms with Crippen LogP contribution in [0.5, 0.6) is 0 Å². The number of nitrogens with one attached hydrogen (secondary N) is 2. The van der Waals surface area contributed by atoms with E-state index in [9.17, 15) is 4.79 Å². The largest absolute Gasteiger partial charge is 0.350 e. The number of nitrogens with zero attached hydrogens (tertiary/aromatic N) is 1. The van der Waals surface area contributed by atoms with E-state index in [0.29, 0.717) is 17.4 Å². The van der Waals surface area contributed by atoms with Crippen LogP contribution in [0.25, 0.3) is 0 Å². The van der Waals surface area contributed by atoms with Gasteiger partial charge in [-0.3, -0.25) is 9.89 Å². The Bertz CT molecular complexity index is 602. The van der Waals surface area contributed by atoms with Crippen molar-refractivity contribution in [3.05, 3.63) is 17.5 Å². The van der Waals surface area contributed by atoms with Crippen molar-refractivity contribution >= 4 is 5.91 Å². The van der Waals surface area contributed by atoms with Crippen LogP contribution in [0.15, 0.2) is 6.07 Å². The molecule has 0 spiro atoms. The van der Waals surface area contributed by atoms with Crippen molar-refractivity contribution in [3.8, 4) is 0 Å². The highest BCUT2D eigenvalue weighted by Crippen LogP contribution is 2.69. The molecule has 4 aliphatic carbocycles. The Hall–Kier alpha value is -1.32. The summed E-state index contributed by atoms with van der Waals surface area (Å²) in [5.74, 6) is 1.03. The van der Waals surface area contributed by atoms with Gasteiger partial charge in [0.15, 0.2) is 0 Å². The first kappa shape index (κ1) is 14.3. The molecule has 120 valence electrons. The zero-order chi connectivity index (χ0) is 15.6. The zero-order valence-electron chi connectivity index (χ0n) is 14.0. The second kappa shape index (κ2) is 4.36. The highest BCUT2D eigenvalue weighted by Gasteiger charge is 2.62. The van der Waals surface area contributed by atoms with E-state index in [1.165, 1.54) is 19.3 Å². The summed E-state index contributed by atoms with van der Waals surface area (Å²) < 4.78 is 0. The van der Waals surface area contributed by atoms with Gasteiger partial charge in [0.2, 0.25) is 5.91 Å². The molecule has 1 heterocycles. The van der Waals surface area contributed by atoms with Crippen molar-refractivity contribution in [1.82, 2.24) is 15.5 Å². The first-order valence-electron chi connectivity index (χ1n) is 8.59. The van der Waals surface area contributed by atoms with Crippen molar-refractivity contribution in [2.75, 3.05) is 0 Å². The van der Waals surface area contributed by atoms with Gasteiger partial charge < -0.3 is 5.32 Å². The van der Waals surface area contributed by atoms with Crippen molar-refractivity contribution in [3.63, 3.8) is 0 Å². The van der Waals surface area contributed by atoms with E-state index in [1.54, 1.807) is 0 Å². The van der Waals surface area contributed by atoms with E-state index < -0.39 is 0 Å². The van der Waals surface area contributed by atoms with Crippen LogP contribution in [0.4, 0.5) is 0 Å². The lowest BCUT2D eigenvalue weighted by atomic mass is 9.40. The number of rotatable bonds is 3. The van der Waals surface area contributed by atoms with Crippen LogP contribution < -0.4 is 5.32 Å². The Balaban J connectivity index is 1.52. The standard InChI is InChI=1S/C18H27N3O/c1-12-4-14(21-20-12)8-19-15(22)18-7-13-5-16(2,10-18)9-17(3,6-13)11-18/h4,13H,5-11H2,1-3H3,(H,19,22)(H,20,21). The van der Waals surface area contributed by atoms with E-state index in [-0.39, 0.29) is 11.3 Å². The number of amides is 1. The fourth-order valence-electron chi connectivity index (χ4n) is 6.62. The maximum absolute atomic E-state index is 13.0. The third-order valence-corrected chi connectivity index (χ3v) is 6.30. The molecule has 0 aromatic carbocycles. The average molecular weight is 301 g/mol. The molecule has 4 heteroatoms. The number of carbonyl (C=O) groups excluding carboxylic acids is 1. The van der Waals surface area contributed by atoms with Crippen LogP contribution in [-0.4, -0.2) is 16.1 Å². The topological polar surface area (TPSA) is 57.8 Å². The van der Waals surface area contributed by atoms with Crippen molar-refractivity contribution in [2.24, 2.45) is 22.2 Å². The van der Waals surface area contributed by atoms with E-state index in [2.05, 4.69) is 29.4 Å². The molecule has 4 fully saturated rings. The number of aromatic amines is 1. The lowest BCUT2D eigenvalue weighted by molar-refractivity contribution is -0.170. The second-order valence-electron chi connectivity index (χ2n) is 9.14. The van der Waals surface area contributed by atoms with Gasteiger partial charge in [0, 0.05) is 5.69 Å². The van der Waals surface area contributed by atoms with E-state index in [0.717, 1.165) is 36.6 Å². The van der Waals surface area contributed by atoms with Crippen LogP contribution in [0.2, 0.25) is 0 Å². The molecule has 4 nitrogen and oxygen atoms in total. The Morgan fingerprint density at radius 2 is 1.95 bits per heavy atom. The first-order chi connectivity index (χ1) is 10.3. The molecule has 1 aromatic rings. The Kier molecular flexibility index (Phi) is 2.83. The Morgan fingerprint density at radius 1 is 1.27 bits per heavy atom. The fourth-order valence-corrected chi connectivity index (χ4v) is 6.62. The number of aromatic nitrogens is 2. The van der Waals surface area contributed by atoms with Gasteiger partial charge in [-0.1, -0.05) is 13.8 Å². The molecule has 22 heavy (non-hydrogen) atoms. The zero-order valence-corrected chi connectivity index (χ0v) is 14.0. The molecule has 1 aromatic heterocycles. The maximum Gasteiger partial charge on any atom is 0.226 e. The molecule has 0 radical (unpaired) electrons. The van der Waals surface area contributed by atoms with Crippen LogP contribution in [0, 0.1) is 29.1 Å². The summed E-state index contributed by atoms with van der Waals surface area (Å²) in [5.41, 5.74) is 2.61. The molecular formula is C18H27N3O. The molecular weight excluding hydrogens is 274 g/mol. The van der Waals surface area contributed by atoms with Crippen LogP contribution in [-0.2, 0) is 11.3 Å². The molecule has 2 atom stereocenters. The molecule has 4 saturated carbocycles. The SMILES string of the molecule is Cc1cc(CNC(=O)C23CC4CC(C)(CC(C)(C4)C2)C3)n[nH]1. The summed E-state index contributed by atoms with van der Waals surface area (Å²) in [5, 5.41) is 10.3. The van der Waals surface area contributed by atoms with E-state index >= 15 is 0 Å². The predicted molar refractivity (Wildman–Crippen MR) is 85.0 cm³/mol. The van der Waals surface area contributed by atoms with Gasteiger partial charge in [-0.25, -0.2) is 0 Å². The number of carbonyl (C=O) groups is 1. The van der Waals surface area contributed by atoms with E-state index in [4.69, 9.17) is 0 Å². The van der Waals surface area contributed by atoms with E-state index in [1.807, 2.05) is 13.0 Å². The summed E-state index contributed by atoms with van der Waals surface area (Å²) in [4.78, 5) is 13.0. The molecule has 1 amide bonds. The number of hydrogen-bond acceptors (Lipinski definition) is 2. The average Bonchev–Trinajstić information content (AvgIpc) is 2.77. The molecule has 2 unspecified atom stereocenters. The Labute approximate surface area is 132 Å². The molecule has 2 N–H and O–H groups in total.